The first-order valence-electron chi connectivity index (χ1n) is 3.57. The van der Waals surface area contributed by atoms with Crippen molar-refractivity contribution in [1.82, 2.24) is 0 Å². The fourth-order valence-electron chi connectivity index (χ4n) is 1.42. The topological polar surface area (TPSA) is 54.4 Å². The van der Waals surface area contributed by atoms with E-state index in [9.17, 15) is 9.59 Å². The molecule has 62 valence electrons. The second-order valence-corrected chi connectivity index (χ2v) is 3.57. The van der Waals surface area contributed by atoms with E-state index >= 15 is 0 Å². The molecule has 0 saturated carbocycles. The molecule has 2 rings (SSSR count). The Morgan fingerprint density at radius 1 is 1.50 bits per heavy atom. The lowest BCUT2D eigenvalue weighted by molar-refractivity contribution is 0.0701. The van der Waals surface area contributed by atoms with Crippen LogP contribution in [0.5, 0.6) is 0 Å². The van der Waals surface area contributed by atoms with Crippen LogP contribution in [0.15, 0.2) is 5.38 Å². The Hall–Kier alpha value is -1.16. The van der Waals surface area contributed by atoms with Gasteiger partial charge in [0.05, 0.1) is 0 Å². The van der Waals surface area contributed by atoms with Crippen LogP contribution in [0.25, 0.3) is 0 Å². The number of carboxylic acids is 1. The van der Waals surface area contributed by atoms with Gasteiger partial charge in [0.1, 0.15) is 4.88 Å². The third-order valence-corrected chi connectivity index (χ3v) is 3.00. The molecule has 0 aliphatic heterocycles. The Morgan fingerprint density at radius 2 is 2.25 bits per heavy atom. The number of ketones is 1. The molecule has 1 N–H and O–H groups in total. The lowest BCUT2D eigenvalue weighted by Gasteiger charge is -1.90. The van der Waals surface area contributed by atoms with Crippen molar-refractivity contribution in [3.8, 4) is 0 Å². The molecule has 0 spiro atoms. The first kappa shape index (κ1) is 7.49. The van der Waals surface area contributed by atoms with Crippen molar-refractivity contribution >= 4 is 23.1 Å². The van der Waals surface area contributed by atoms with E-state index in [2.05, 4.69) is 0 Å². The quantitative estimate of drug-likeness (QED) is 0.717. The van der Waals surface area contributed by atoms with E-state index in [-0.39, 0.29) is 5.78 Å². The van der Waals surface area contributed by atoms with E-state index < -0.39 is 5.97 Å². The summed E-state index contributed by atoms with van der Waals surface area (Å²) >= 11 is 1.14. The maximum Gasteiger partial charge on any atom is 0.346 e. The van der Waals surface area contributed by atoms with Crippen molar-refractivity contribution in [2.24, 2.45) is 0 Å². The Labute approximate surface area is 72.6 Å². The van der Waals surface area contributed by atoms with Gasteiger partial charge >= 0.3 is 5.97 Å². The van der Waals surface area contributed by atoms with Crippen molar-refractivity contribution in [3.05, 3.63) is 21.4 Å². The molecule has 1 aliphatic rings. The summed E-state index contributed by atoms with van der Waals surface area (Å²) in [5.41, 5.74) is 1.36. The molecule has 0 bridgehead atoms. The molecule has 0 fully saturated rings. The second kappa shape index (κ2) is 2.42. The summed E-state index contributed by atoms with van der Waals surface area (Å²) in [5, 5.41) is 10.4. The number of carboxylic acid groups (broad SMARTS) is 1. The van der Waals surface area contributed by atoms with Crippen LogP contribution in [-0.4, -0.2) is 16.9 Å². The minimum absolute atomic E-state index is 0.0775. The highest BCUT2D eigenvalue weighted by Gasteiger charge is 2.26. The molecular weight excluding hydrogens is 176 g/mol. The minimum Gasteiger partial charge on any atom is -0.477 e. The summed E-state index contributed by atoms with van der Waals surface area (Å²) in [6.45, 7) is 0. The van der Waals surface area contributed by atoms with Gasteiger partial charge in [-0.1, -0.05) is 0 Å². The fraction of sp³-hybridized carbons (Fsp3) is 0.250. The number of Topliss-reactive ketones (excluding diaryl/α,β-unsaturated/α-hetero) is 1. The Balaban J connectivity index is 2.56. The minimum atomic E-state index is -0.920. The molecular formula is C8H6O3S. The van der Waals surface area contributed by atoms with Crippen LogP contribution in [-0.2, 0) is 6.42 Å². The van der Waals surface area contributed by atoms with Crippen LogP contribution < -0.4 is 0 Å². The molecule has 0 atom stereocenters. The first-order chi connectivity index (χ1) is 5.70. The molecule has 0 radical (unpaired) electrons. The van der Waals surface area contributed by atoms with E-state index in [1.165, 1.54) is 0 Å². The van der Waals surface area contributed by atoms with Gasteiger partial charge in [-0.2, -0.15) is 0 Å². The highest BCUT2D eigenvalue weighted by molar-refractivity contribution is 7.12. The smallest absolute Gasteiger partial charge is 0.346 e. The monoisotopic (exact) mass is 182 g/mol. The number of aromatic carboxylic acids is 1. The molecule has 0 aromatic carbocycles. The molecule has 0 saturated heterocycles. The number of carbonyl (C=O) groups is 2. The highest BCUT2D eigenvalue weighted by atomic mass is 32.1. The first-order valence-corrected chi connectivity index (χ1v) is 4.45. The van der Waals surface area contributed by atoms with Gasteiger partial charge in [-0.25, -0.2) is 4.79 Å². The van der Waals surface area contributed by atoms with Crippen LogP contribution in [0.3, 0.4) is 0 Å². The Kier molecular flexibility index (Phi) is 1.51. The second-order valence-electron chi connectivity index (χ2n) is 2.69. The van der Waals surface area contributed by atoms with Gasteiger partial charge in [0.2, 0.25) is 0 Å². The van der Waals surface area contributed by atoms with Crippen LogP contribution in [0.1, 0.15) is 32.0 Å². The number of carbonyl (C=O) groups excluding carboxylic acids is 1. The maximum absolute atomic E-state index is 11.1. The van der Waals surface area contributed by atoms with E-state index in [0.29, 0.717) is 23.3 Å². The molecule has 0 amide bonds. The largest absolute Gasteiger partial charge is 0.477 e. The van der Waals surface area contributed by atoms with Gasteiger partial charge in [0.25, 0.3) is 0 Å². The third-order valence-electron chi connectivity index (χ3n) is 1.99. The van der Waals surface area contributed by atoms with E-state index in [1.54, 1.807) is 5.38 Å². The molecule has 1 aromatic rings. The normalized spacial score (nSPS) is 14.8. The lowest BCUT2D eigenvalue weighted by Crippen LogP contribution is -1.95. The van der Waals surface area contributed by atoms with Gasteiger partial charge in [-0.3, -0.25) is 4.79 Å². The van der Waals surface area contributed by atoms with Crippen molar-refractivity contribution in [3.63, 3.8) is 0 Å². The van der Waals surface area contributed by atoms with Crippen LogP contribution in [0, 0.1) is 0 Å². The SMILES string of the molecule is O=C1CCc2c1csc2C(=O)O. The van der Waals surface area contributed by atoms with Gasteiger partial charge in [-0.15, -0.1) is 11.3 Å². The zero-order valence-corrected chi connectivity index (χ0v) is 6.98. The predicted molar refractivity (Wildman–Crippen MR) is 43.9 cm³/mol. The van der Waals surface area contributed by atoms with E-state index in [0.717, 1.165) is 16.9 Å². The number of hydrogen-bond donors (Lipinski definition) is 1. The van der Waals surface area contributed by atoms with Crippen LogP contribution in [0.2, 0.25) is 0 Å². The molecule has 3 nitrogen and oxygen atoms in total. The molecule has 1 aromatic heterocycles. The zero-order valence-electron chi connectivity index (χ0n) is 6.16. The van der Waals surface area contributed by atoms with Gasteiger partial charge in [0.15, 0.2) is 5.78 Å². The van der Waals surface area contributed by atoms with Crippen LogP contribution in [0.4, 0.5) is 0 Å². The summed E-state index contributed by atoms with van der Waals surface area (Å²) < 4.78 is 0. The molecule has 12 heavy (non-hydrogen) atoms. The van der Waals surface area contributed by atoms with Crippen LogP contribution >= 0.6 is 11.3 Å². The third kappa shape index (κ3) is 0.881. The summed E-state index contributed by atoms with van der Waals surface area (Å²) in [5.74, 6) is -0.843. The molecule has 0 unspecified atom stereocenters. The van der Waals surface area contributed by atoms with Gasteiger partial charge < -0.3 is 5.11 Å². The standard InChI is InChI=1S/C8H6O3S/c9-6-2-1-4-5(6)3-12-7(4)8(10)11/h3H,1-2H2,(H,10,11). The van der Waals surface area contributed by atoms with Gasteiger partial charge in [-0.05, 0) is 12.0 Å². The zero-order chi connectivity index (χ0) is 8.72. The molecule has 1 aliphatic carbocycles. The number of fused-ring (bicyclic) bond motifs is 1. The highest BCUT2D eigenvalue weighted by Crippen LogP contribution is 2.30. The maximum atomic E-state index is 11.1. The summed E-state index contributed by atoms with van der Waals surface area (Å²) in [6.07, 6.45) is 1.07. The summed E-state index contributed by atoms with van der Waals surface area (Å²) in [7, 11) is 0. The average molecular weight is 182 g/mol. The molecule has 4 heteroatoms. The van der Waals surface area contributed by atoms with Crippen molar-refractivity contribution in [1.29, 1.82) is 0 Å². The lowest BCUT2D eigenvalue weighted by atomic mass is 10.2. The Morgan fingerprint density at radius 3 is 2.92 bits per heavy atom. The number of rotatable bonds is 1. The number of hydrogen-bond acceptors (Lipinski definition) is 3. The summed E-state index contributed by atoms with van der Waals surface area (Å²) in [6, 6.07) is 0. The predicted octanol–water partition coefficient (Wildman–Crippen LogP) is 1.58. The van der Waals surface area contributed by atoms with Crippen molar-refractivity contribution in [2.75, 3.05) is 0 Å². The van der Waals surface area contributed by atoms with Gasteiger partial charge in [0, 0.05) is 17.4 Å². The fourth-order valence-corrected chi connectivity index (χ4v) is 2.38. The molecule has 1 heterocycles. The summed E-state index contributed by atoms with van der Waals surface area (Å²) in [4.78, 5) is 22.1. The van der Waals surface area contributed by atoms with E-state index in [4.69, 9.17) is 5.11 Å². The van der Waals surface area contributed by atoms with E-state index in [1.807, 2.05) is 0 Å². The Bertz CT molecular complexity index is 364. The van der Waals surface area contributed by atoms with Crippen molar-refractivity contribution in [2.45, 2.75) is 12.8 Å². The van der Waals surface area contributed by atoms with Crippen molar-refractivity contribution < 1.29 is 14.7 Å². The average Bonchev–Trinajstić information content (AvgIpc) is 2.53. The number of thiophene rings is 1.